The summed E-state index contributed by atoms with van der Waals surface area (Å²) in [5, 5.41) is 9.21. The van der Waals surface area contributed by atoms with Gasteiger partial charge in [0.1, 0.15) is 17.5 Å². The average molecular weight is 265 g/mol. The topological polar surface area (TPSA) is 119 Å². The molecule has 0 unspecified atom stereocenters. The lowest BCUT2D eigenvalue weighted by Crippen LogP contribution is -2.05. The lowest BCUT2D eigenvalue weighted by molar-refractivity contribution is 0.948. The van der Waals surface area contributed by atoms with Gasteiger partial charge in [0.15, 0.2) is 0 Å². The summed E-state index contributed by atoms with van der Waals surface area (Å²) in [5.74, 6) is 0.127. The Balaban J connectivity index is 2.30. The number of aromatic nitrogens is 4. The standard InChI is InChI=1S/C13H11N7/c1-20-6-17-9-3-2-7(4-10(9)20)11-8(5-14)12(15)19-13(16)18-11/h2-4,6H,1H3,(H4,15,16,18,19). The first kappa shape index (κ1) is 11.9. The third-order valence-electron chi connectivity index (χ3n) is 3.06. The van der Waals surface area contributed by atoms with Gasteiger partial charge < -0.3 is 16.0 Å². The van der Waals surface area contributed by atoms with Crippen LogP contribution in [0.2, 0.25) is 0 Å². The van der Waals surface area contributed by atoms with E-state index in [0.29, 0.717) is 5.69 Å². The van der Waals surface area contributed by atoms with Crippen LogP contribution in [0.3, 0.4) is 0 Å². The molecular weight excluding hydrogens is 254 g/mol. The minimum absolute atomic E-state index is 0.0432. The van der Waals surface area contributed by atoms with Crippen LogP contribution < -0.4 is 11.5 Å². The van der Waals surface area contributed by atoms with Gasteiger partial charge in [0.2, 0.25) is 5.95 Å². The Bertz CT molecular complexity index is 857. The number of nitrogens with zero attached hydrogens (tertiary/aromatic N) is 5. The molecule has 0 aliphatic carbocycles. The molecule has 0 radical (unpaired) electrons. The van der Waals surface area contributed by atoms with Crippen LogP contribution >= 0.6 is 0 Å². The predicted octanol–water partition coefficient (Wildman–Crippen LogP) is 1.07. The molecule has 7 heteroatoms. The van der Waals surface area contributed by atoms with E-state index in [-0.39, 0.29) is 17.3 Å². The minimum Gasteiger partial charge on any atom is -0.382 e. The zero-order chi connectivity index (χ0) is 14.3. The lowest BCUT2D eigenvalue weighted by Gasteiger charge is -2.07. The second-order valence-electron chi connectivity index (χ2n) is 4.36. The highest BCUT2D eigenvalue weighted by molar-refractivity contribution is 5.83. The smallest absolute Gasteiger partial charge is 0.222 e. The highest BCUT2D eigenvalue weighted by Gasteiger charge is 2.14. The molecule has 0 saturated heterocycles. The van der Waals surface area contributed by atoms with Gasteiger partial charge in [-0.05, 0) is 12.1 Å². The largest absolute Gasteiger partial charge is 0.382 e. The Kier molecular flexibility index (Phi) is 2.51. The fourth-order valence-corrected chi connectivity index (χ4v) is 2.09. The lowest BCUT2D eigenvalue weighted by atomic mass is 10.1. The first-order valence-corrected chi connectivity index (χ1v) is 5.84. The van der Waals surface area contributed by atoms with Gasteiger partial charge in [-0.2, -0.15) is 10.2 Å². The van der Waals surface area contributed by atoms with E-state index >= 15 is 0 Å². The number of fused-ring (bicyclic) bond motifs is 1. The third-order valence-corrected chi connectivity index (χ3v) is 3.06. The van der Waals surface area contributed by atoms with E-state index in [0.717, 1.165) is 16.6 Å². The Morgan fingerprint density at radius 3 is 2.80 bits per heavy atom. The van der Waals surface area contributed by atoms with E-state index in [1.807, 2.05) is 35.9 Å². The molecule has 3 rings (SSSR count). The van der Waals surface area contributed by atoms with Gasteiger partial charge in [-0.1, -0.05) is 6.07 Å². The van der Waals surface area contributed by atoms with Crippen molar-refractivity contribution in [1.29, 1.82) is 5.26 Å². The first-order chi connectivity index (χ1) is 9.60. The SMILES string of the molecule is Cn1cnc2ccc(-c3nc(N)nc(N)c3C#N)cc21. The molecule has 0 spiro atoms. The van der Waals surface area contributed by atoms with Gasteiger partial charge in [0, 0.05) is 12.6 Å². The van der Waals surface area contributed by atoms with E-state index in [4.69, 9.17) is 11.5 Å². The van der Waals surface area contributed by atoms with Crippen molar-refractivity contribution in [1.82, 2.24) is 19.5 Å². The molecule has 4 N–H and O–H groups in total. The van der Waals surface area contributed by atoms with Crippen LogP contribution in [-0.2, 0) is 7.05 Å². The monoisotopic (exact) mass is 265 g/mol. The maximum absolute atomic E-state index is 9.21. The Hall–Kier alpha value is -3.14. The molecule has 7 nitrogen and oxygen atoms in total. The van der Waals surface area contributed by atoms with Gasteiger partial charge in [-0.25, -0.2) is 9.97 Å². The molecule has 2 aromatic heterocycles. The van der Waals surface area contributed by atoms with E-state index in [9.17, 15) is 5.26 Å². The predicted molar refractivity (Wildman–Crippen MR) is 75.3 cm³/mol. The second-order valence-corrected chi connectivity index (χ2v) is 4.36. The molecule has 0 amide bonds. The van der Waals surface area contributed by atoms with Crippen molar-refractivity contribution >= 4 is 22.8 Å². The molecule has 98 valence electrons. The van der Waals surface area contributed by atoms with E-state index < -0.39 is 0 Å². The van der Waals surface area contributed by atoms with Crippen molar-refractivity contribution in [2.24, 2.45) is 7.05 Å². The van der Waals surface area contributed by atoms with Crippen LogP contribution in [0.4, 0.5) is 11.8 Å². The molecular formula is C13H11N7. The summed E-state index contributed by atoms with van der Waals surface area (Å²) >= 11 is 0. The quantitative estimate of drug-likeness (QED) is 0.679. The van der Waals surface area contributed by atoms with Crippen molar-refractivity contribution in [3.8, 4) is 17.3 Å². The minimum atomic E-state index is 0.0432. The van der Waals surface area contributed by atoms with Crippen molar-refractivity contribution < 1.29 is 0 Å². The summed E-state index contributed by atoms with van der Waals surface area (Å²) in [6.07, 6.45) is 1.72. The molecule has 3 aromatic rings. The summed E-state index contributed by atoms with van der Waals surface area (Å²) in [6.45, 7) is 0. The first-order valence-electron chi connectivity index (χ1n) is 5.84. The molecule has 2 heterocycles. The number of rotatable bonds is 1. The fraction of sp³-hybridized carbons (Fsp3) is 0.0769. The van der Waals surface area contributed by atoms with Crippen LogP contribution in [0, 0.1) is 11.3 Å². The number of imidazole rings is 1. The molecule has 20 heavy (non-hydrogen) atoms. The van der Waals surface area contributed by atoms with E-state index in [1.54, 1.807) is 6.33 Å². The summed E-state index contributed by atoms with van der Waals surface area (Å²) < 4.78 is 1.89. The highest BCUT2D eigenvalue weighted by atomic mass is 15.0. The van der Waals surface area contributed by atoms with Gasteiger partial charge in [-0.15, -0.1) is 0 Å². The summed E-state index contributed by atoms with van der Waals surface area (Å²) in [4.78, 5) is 12.2. The molecule has 0 bridgehead atoms. The van der Waals surface area contributed by atoms with Crippen molar-refractivity contribution in [3.05, 3.63) is 30.1 Å². The van der Waals surface area contributed by atoms with Crippen molar-refractivity contribution in [2.45, 2.75) is 0 Å². The van der Waals surface area contributed by atoms with Crippen LogP contribution in [-0.4, -0.2) is 19.5 Å². The van der Waals surface area contributed by atoms with Crippen LogP contribution in [0.5, 0.6) is 0 Å². The normalized spacial score (nSPS) is 10.6. The van der Waals surface area contributed by atoms with Gasteiger partial charge in [0.05, 0.1) is 23.1 Å². The maximum atomic E-state index is 9.21. The second kappa shape index (κ2) is 4.20. The highest BCUT2D eigenvalue weighted by Crippen LogP contribution is 2.27. The van der Waals surface area contributed by atoms with Crippen LogP contribution in [0.25, 0.3) is 22.3 Å². The van der Waals surface area contributed by atoms with Gasteiger partial charge >= 0.3 is 0 Å². The van der Waals surface area contributed by atoms with Crippen LogP contribution in [0.1, 0.15) is 5.56 Å². The number of nitrogen functional groups attached to an aromatic ring is 2. The zero-order valence-corrected chi connectivity index (χ0v) is 10.7. The number of hydrogen-bond donors (Lipinski definition) is 2. The van der Waals surface area contributed by atoms with Crippen LogP contribution in [0.15, 0.2) is 24.5 Å². The third kappa shape index (κ3) is 1.71. The maximum Gasteiger partial charge on any atom is 0.222 e. The van der Waals surface area contributed by atoms with E-state index in [1.165, 1.54) is 0 Å². The molecule has 0 aliphatic heterocycles. The molecule has 1 aromatic carbocycles. The number of hydrogen-bond acceptors (Lipinski definition) is 6. The summed E-state index contributed by atoms with van der Waals surface area (Å²) in [6, 6.07) is 7.60. The summed E-state index contributed by atoms with van der Waals surface area (Å²) in [5.41, 5.74) is 14.5. The zero-order valence-electron chi connectivity index (χ0n) is 10.7. The Morgan fingerprint density at radius 2 is 2.05 bits per heavy atom. The molecule has 0 aliphatic rings. The van der Waals surface area contributed by atoms with Gasteiger partial charge in [-0.3, -0.25) is 0 Å². The fourth-order valence-electron chi connectivity index (χ4n) is 2.09. The molecule has 0 atom stereocenters. The van der Waals surface area contributed by atoms with E-state index in [2.05, 4.69) is 15.0 Å². The van der Waals surface area contributed by atoms with Crippen molar-refractivity contribution in [3.63, 3.8) is 0 Å². The number of nitriles is 1. The average Bonchev–Trinajstić information content (AvgIpc) is 2.79. The Labute approximate surface area is 114 Å². The van der Waals surface area contributed by atoms with Gasteiger partial charge in [0.25, 0.3) is 0 Å². The Morgan fingerprint density at radius 1 is 1.25 bits per heavy atom. The molecule has 0 fully saturated rings. The number of benzene rings is 1. The number of anilines is 2. The number of nitrogens with two attached hydrogens (primary N) is 2. The summed E-state index contributed by atoms with van der Waals surface area (Å²) in [7, 11) is 1.90. The number of aryl methyl sites for hydroxylation is 1. The van der Waals surface area contributed by atoms with Crippen molar-refractivity contribution in [2.75, 3.05) is 11.5 Å². The molecule has 0 saturated carbocycles.